The maximum absolute atomic E-state index is 12.1. The molecule has 0 aromatic heterocycles. The van der Waals surface area contributed by atoms with Gasteiger partial charge in [-0.2, -0.15) is 5.10 Å². The molecular weight excluding hydrogens is 314 g/mol. The van der Waals surface area contributed by atoms with Gasteiger partial charge in [-0.1, -0.05) is 18.2 Å². The first-order valence-electron chi connectivity index (χ1n) is 7.55. The fourth-order valence-electron chi connectivity index (χ4n) is 2.67. The Kier molecular flexibility index (Phi) is 5.89. The number of rotatable bonds is 5. The van der Waals surface area contributed by atoms with Gasteiger partial charge >= 0.3 is 18.0 Å². The van der Waals surface area contributed by atoms with Crippen LogP contribution in [0.25, 0.3) is 0 Å². The molecule has 2 amide bonds. The SMILES string of the molecule is NC(=O)N/N=C1/CC[C@H](OC(=O)c2ccccc2)C[C@H]1CC(=O)O. The molecule has 0 radical (unpaired) electrons. The highest BCUT2D eigenvalue weighted by molar-refractivity contribution is 5.92. The van der Waals surface area contributed by atoms with E-state index in [9.17, 15) is 14.4 Å². The highest BCUT2D eigenvalue weighted by Crippen LogP contribution is 2.27. The third kappa shape index (κ3) is 5.08. The summed E-state index contributed by atoms with van der Waals surface area (Å²) in [6.07, 6.45) is 0.719. The fraction of sp³-hybridized carbons (Fsp3) is 0.375. The Morgan fingerprint density at radius 3 is 2.62 bits per heavy atom. The predicted octanol–water partition coefficient (Wildman–Crippen LogP) is 1.51. The molecule has 8 heteroatoms. The van der Waals surface area contributed by atoms with Crippen molar-refractivity contribution in [1.82, 2.24) is 5.43 Å². The average Bonchev–Trinajstić information content (AvgIpc) is 2.54. The number of nitrogens with one attached hydrogen (secondary N) is 1. The molecule has 0 heterocycles. The van der Waals surface area contributed by atoms with Crippen LogP contribution in [0, 0.1) is 5.92 Å². The molecule has 1 saturated carbocycles. The molecule has 1 aromatic carbocycles. The maximum Gasteiger partial charge on any atom is 0.338 e. The lowest BCUT2D eigenvalue weighted by atomic mass is 9.83. The molecule has 4 N–H and O–H groups in total. The van der Waals surface area contributed by atoms with E-state index in [1.165, 1.54) is 0 Å². The van der Waals surface area contributed by atoms with Gasteiger partial charge in [-0.25, -0.2) is 15.0 Å². The molecule has 2 atom stereocenters. The Bertz CT molecular complexity index is 644. The Labute approximate surface area is 138 Å². The van der Waals surface area contributed by atoms with Gasteiger partial charge in [0.2, 0.25) is 0 Å². The van der Waals surface area contributed by atoms with Gasteiger partial charge in [-0.05, 0) is 31.4 Å². The van der Waals surface area contributed by atoms with Crippen LogP contribution in [0.5, 0.6) is 0 Å². The fourth-order valence-corrected chi connectivity index (χ4v) is 2.67. The number of carbonyl (C=O) groups is 3. The summed E-state index contributed by atoms with van der Waals surface area (Å²) in [6, 6.07) is 7.78. The van der Waals surface area contributed by atoms with Crippen molar-refractivity contribution in [2.45, 2.75) is 31.8 Å². The van der Waals surface area contributed by atoms with E-state index in [-0.39, 0.29) is 6.42 Å². The van der Waals surface area contributed by atoms with Gasteiger partial charge < -0.3 is 15.6 Å². The van der Waals surface area contributed by atoms with Crippen molar-refractivity contribution in [1.29, 1.82) is 0 Å². The number of hydrogen-bond acceptors (Lipinski definition) is 5. The smallest absolute Gasteiger partial charge is 0.338 e. The molecule has 0 spiro atoms. The Hall–Kier alpha value is -2.90. The minimum atomic E-state index is -0.984. The third-order valence-corrected chi connectivity index (χ3v) is 3.76. The minimum absolute atomic E-state index is 0.154. The van der Waals surface area contributed by atoms with Crippen LogP contribution in [-0.2, 0) is 9.53 Å². The summed E-state index contributed by atoms with van der Waals surface area (Å²) in [4.78, 5) is 33.9. The van der Waals surface area contributed by atoms with Crippen molar-refractivity contribution < 1.29 is 24.2 Å². The lowest BCUT2D eigenvalue weighted by molar-refractivity contribution is -0.137. The largest absolute Gasteiger partial charge is 0.481 e. The first-order chi connectivity index (χ1) is 11.5. The lowest BCUT2D eigenvalue weighted by Gasteiger charge is -2.29. The van der Waals surface area contributed by atoms with E-state index in [2.05, 4.69) is 10.5 Å². The monoisotopic (exact) mass is 333 g/mol. The molecule has 128 valence electrons. The van der Waals surface area contributed by atoms with Gasteiger partial charge in [0.05, 0.1) is 12.0 Å². The zero-order valence-corrected chi connectivity index (χ0v) is 13.0. The third-order valence-electron chi connectivity index (χ3n) is 3.76. The van der Waals surface area contributed by atoms with E-state index in [1.807, 2.05) is 0 Å². The summed E-state index contributed by atoms with van der Waals surface area (Å²) in [5.74, 6) is -1.84. The number of esters is 1. The predicted molar refractivity (Wildman–Crippen MR) is 85.4 cm³/mol. The molecule has 2 rings (SSSR count). The molecule has 8 nitrogen and oxygen atoms in total. The normalized spacial score (nSPS) is 21.9. The van der Waals surface area contributed by atoms with Crippen LogP contribution in [0.2, 0.25) is 0 Å². The number of amides is 2. The molecule has 0 bridgehead atoms. The Morgan fingerprint density at radius 1 is 1.29 bits per heavy atom. The number of ether oxygens (including phenoxy) is 1. The van der Waals surface area contributed by atoms with E-state index in [0.717, 1.165) is 0 Å². The molecule has 0 aliphatic heterocycles. The number of carbonyl (C=O) groups excluding carboxylic acids is 2. The quantitative estimate of drug-likeness (QED) is 0.555. The Balaban J connectivity index is 2.02. The van der Waals surface area contributed by atoms with E-state index in [4.69, 9.17) is 15.6 Å². The van der Waals surface area contributed by atoms with Gasteiger partial charge in [0.25, 0.3) is 0 Å². The van der Waals surface area contributed by atoms with Crippen molar-refractivity contribution in [3.05, 3.63) is 35.9 Å². The number of hydrogen-bond donors (Lipinski definition) is 3. The summed E-state index contributed by atoms with van der Waals surface area (Å²) in [5.41, 5.74) is 8.09. The molecule has 1 aliphatic carbocycles. The summed E-state index contributed by atoms with van der Waals surface area (Å²) in [5, 5.41) is 12.9. The van der Waals surface area contributed by atoms with Crippen LogP contribution in [-0.4, -0.2) is 34.9 Å². The number of aliphatic carboxylic acids is 1. The van der Waals surface area contributed by atoms with Gasteiger partial charge in [0, 0.05) is 11.6 Å². The van der Waals surface area contributed by atoms with Crippen molar-refractivity contribution in [3.8, 4) is 0 Å². The molecule has 1 aromatic rings. The average molecular weight is 333 g/mol. The van der Waals surface area contributed by atoms with Crippen molar-refractivity contribution >= 4 is 23.7 Å². The second-order valence-electron chi connectivity index (χ2n) is 5.54. The number of nitrogens with two attached hydrogens (primary N) is 1. The molecule has 24 heavy (non-hydrogen) atoms. The first kappa shape index (κ1) is 17.5. The number of carboxylic acid groups (broad SMARTS) is 1. The number of benzene rings is 1. The Morgan fingerprint density at radius 2 is 2.00 bits per heavy atom. The van der Waals surface area contributed by atoms with Crippen LogP contribution in [0.3, 0.4) is 0 Å². The molecule has 1 fully saturated rings. The number of carboxylic acids is 1. The summed E-state index contributed by atoms with van der Waals surface area (Å²) >= 11 is 0. The van der Waals surface area contributed by atoms with Crippen LogP contribution in [0.1, 0.15) is 36.0 Å². The highest BCUT2D eigenvalue weighted by Gasteiger charge is 2.31. The zero-order chi connectivity index (χ0) is 17.5. The molecule has 0 unspecified atom stereocenters. The number of hydrazone groups is 1. The van der Waals surface area contributed by atoms with Gasteiger partial charge in [0.15, 0.2) is 0 Å². The van der Waals surface area contributed by atoms with Crippen molar-refractivity contribution in [3.63, 3.8) is 0 Å². The highest BCUT2D eigenvalue weighted by atomic mass is 16.5. The molecule has 1 aliphatic rings. The van der Waals surface area contributed by atoms with E-state index < -0.39 is 30.0 Å². The second kappa shape index (κ2) is 8.09. The number of nitrogens with zero attached hydrogens (tertiary/aromatic N) is 1. The number of primary amides is 1. The van der Waals surface area contributed by atoms with Gasteiger partial charge in [-0.3, -0.25) is 4.79 Å². The van der Waals surface area contributed by atoms with E-state index in [0.29, 0.717) is 30.5 Å². The first-order valence-corrected chi connectivity index (χ1v) is 7.55. The van der Waals surface area contributed by atoms with Gasteiger partial charge in [-0.15, -0.1) is 0 Å². The van der Waals surface area contributed by atoms with Crippen LogP contribution in [0.4, 0.5) is 4.79 Å². The van der Waals surface area contributed by atoms with Crippen molar-refractivity contribution in [2.24, 2.45) is 16.8 Å². The standard InChI is InChI=1S/C16H19N3O5/c17-16(23)19-18-13-7-6-12(8-11(13)9-14(20)21)24-15(22)10-4-2-1-3-5-10/h1-5,11-12H,6-9H2,(H,20,21)(H3,17,19,23)/b18-13-/t11-,12-/m0/s1. The zero-order valence-electron chi connectivity index (χ0n) is 13.0. The minimum Gasteiger partial charge on any atom is -0.481 e. The molecular formula is C16H19N3O5. The van der Waals surface area contributed by atoms with Crippen LogP contribution >= 0.6 is 0 Å². The summed E-state index contributed by atoms with van der Waals surface area (Å²) < 4.78 is 5.46. The van der Waals surface area contributed by atoms with Crippen molar-refractivity contribution in [2.75, 3.05) is 0 Å². The lowest BCUT2D eigenvalue weighted by Crippen LogP contribution is -2.35. The summed E-state index contributed by atoms with van der Waals surface area (Å²) in [7, 11) is 0. The van der Waals surface area contributed by atoms with Crippen LogP contribution < -0.4 is 11.2 Å². The van der Waals surface area contributed by atoms with Gasteiger partial charge in [0.1, 0.15) is 6.10 Å². The molecule has 0 saturated heterocycles. The summed E-state index contributed by atoms with van der Waals surface area (Å²) in [6.45, 7) is 0. The van der Waals surface area contributed by atoms with E-state index >= 15 is 0 Å². The second-order valence-corrected chi connectivity index (χ2v) is 5.54. The number of urea groups is 1. The van der Waals surface area contributed by atoms with E-state index in [1.54, 1.807) is 30.3 Å². The topological polar surface area (TPSA) is 131 Å². The maximum atomic E-state index is 12.1. The van der Waals surface area contributed by atoms with Crippen LogP contribution in [0.15, 0.2) is 35.4 Å².